The zero-order chi connectivity index (χ0) is 15.4. The largest absolute Gasteiger partial charge is 0.399 e. The number of likely N-dealkylation sites (tertiary alicyclic amines) is 1. The Morgan fingerprint density at radius 1 is 1.27 bits per heavy atom. The van der Waals surface area contributed by atoms with Gasteiger partial charge < -0.3 is 11.1 Å². The molecule has 0 radical (unpaired) electrons. The van der Waals surface area contributed by atoms with Gasteiger partial charge in [-0.05, 0) is 31.0 Å². The van der Waals surface area contributed by atoms with Gasteiger partial charge in [-0.2, -0.15) is 0 Å². The fourth-order valence-corrected chi connectivity index (χ4v) is 2.29. The Kier molecular flexibility index (Phi) is 6.37. The summed E-state index contributed by atoms with van der Waals surface area (Å²) in [7, 11) is 0. The average Bonchev–Trinajstić information content (AvgIpc) is 2.77. The molecule has 0 bridgehead atoms. The Morgan fingerprint density at radius 3 is 2.55 bits per heavy atom. The number of nitrogens with one attached hydrogen (secondary N) is 1. The van der Waals surface area contributed by atoms with E-state index in [1.54, 1.807) is 18.2 Å². The van der Waals surface area contributed by atoms with Crippen LogP contribution in [0.5, 0.6) is 0 Å². The second-order valence-corrected chi connectivity index (χ2v) is 5.12. The SMILES string of the molecule is Cc1ccc(N)cc1C(=O)NCCCN1C(=O)CCC1=O.Cl. The Bertz CT molecular complexity index is 573. The van der Waals surface area contributed by atoms with Crippen molar-refractivity contribution in [1.82, 2.24) is 10.2 Å². The fraction of sp³-hybridized carbons (Fsp3) is 0.400. The van der Waals surface area contributed by atoms with E-state index in [-0.39, 0.29) is 30.1 Å². The van der Waals surface area contributed by atoms with Crippen LogP contribution in [0.4, 0.5) is 5.69 Å². The third kappa shape index (κ3) is 4.21. The van der Waals surface area contributed by atoms with Crippen molar-refractivity contribution in [2.24, 2.45) is 0 Å². The highest BCUT2D eigenvalue weighted by molar-refractivity contribution is 6.01. The molecule has 1 aromatic rings. The van der Waals surface area contributed by atoms with Crippen LogP contribution in [-0.4, -0.2) is 35.7 Å². The monoisotopic (exact) mass is 325 g/mol. The van der Waals surface area contributed by atoms with E-state index < -0.39 is 0 Å². The van der Waals surface area contributed by atoms with Gasteiger partial charge in [0.2, 0.25) is 11.8 Å². The summed E-state index contributed by atoms with van der Waals surface area (Å²) in [4.78, 5) is 36.1. The number of nitrogens with zero attached hydrogens (tertiary/aromatic N) is 1. The minimum Gasteiger partial charge on any atom is -0.399 e. The topological polar surface area (TPSA) is 92.5 Å². The molecular weight excluding hydrogens is 306 g/mol. The van der Waals surface area contributed by atoms with Crippen LogP contribution < -0.4 is 11.1 Å². The van der Waals surface area contributed by atoms with Crippen LogP contribution in [0.15, 0.2) is 18.2 Å². The molecule has 1 aliphatic heterocycles. The van der Waals surface area contributed by atoms with E-state index in [0.717, 1.165) is 5.56 Å². The highest BCUT2D eigenvalue weighted by Gasteiger charge is 2.27. The number of nitrogens with two attached hydrogens (primary N) is 1. The van der Waals surface area contributed by atoms with Crippen molar-refractivity contribution < 1.29 is 14.4 Å². The Labute approximate surface area is 135 Å². The predicted octanol–water partition coefficient (Wildman–Crippen LogP) is 1.27. The summed E-state index contributed by atoms with van der Waals surface area (Å²) in [6, 6.07) is 5.18. The van der Waals surface area contributed by atoms with Crippen LogP contribution in [0.25, 0.3) is 0 Å². The van der Waals surface area contributed by atoms with E-state index in [1.165, 1.54) is 4.90 Å². The number of aryl methyl sites for hydroxylation is 1. The van der Waals surface area contributed by atoms with E-state index >= 15 is 0 Å². The molecule has 6 nitrogen and oxygen atoms in total. The molecule has 0 aromatic heterocycles. The average molecular weight is 326 g/mol. The predicted molar refractivity (Wildman–Crippen MR) is 85.7 cm³/mol. The quantitative estimate of drug-likeness (QED) is 0.484. The molecule has 2 rings (SSSR count). The summed E-state index contributed by atoms with van der Waals surface area (Å²) in [6.45, 7) is 2.61. The number of benzene rings is 1. The third-order valence-corrected chi connectivity index (χ3v) is 3.51. The molecule has 0 aliphatic carbocycles. The van der Waals surface area contributed by atoms with E-state index in [2.05, 4.69) is 5.32 Å². The van der Waals surface area contributed by atoms with Gasteiger partial charge in [-0.3, -0.25) is 19.3 Å². The number of carbonyl (C=O) groups excluding carboxylic acids is 3. The fourth-order valence-electron chi connectivity index (χ4n) is 2.29. The number of halogens is 1. The molecule has 1 heterocycles. The molecule has 1 aliphatic rings. The Morgan fingerprint density at radius 2 is 1.91 bits per heavy atom. The molecule has 0 unspecified atom stereocenters. The van der Waals surface area contributed by atoms with Crippen molar-refractivity contribution >= 4 is 35.8 Å². The number of carbonyl (C=O) groups is 3. The number of rotatable bonds is 5. The van der Waals surface area contributed by atoms with Gasteiger partial charge >= 0.3 is 0 Å². The summed E-state index contributed by atoms with van der Waals surface area (Å²) in [5, 5.41) is 2.78. The van der Waals surface area contributed by atoms with E-state index in [0.29, 0.717) is 43.6 Å². The molecule has 7 heteroatoms. The van der Waals surface area contributed by atoms with Gasteiger partial charge in [0.05, 0.1) is 0 Å². The maximum atomic E-state index is 12.0. The van der Waals surface area contributed by atoms with Gasteiger partial charge in [0.1, 0.15) is 0 Å². The van der Waals surface area contributed by atoms with Crippen molar-refractivity contribution in [2.75, 3.05) is 18.8 Å². The lowest BCUT2D eigenvalue weighted by molar-refractivity contribution is -0.138. The lowest BCUT2D eigenvalue weighted by Crippen LogP contribution is -2.33. The van der Waals surface area contributed by atoms with Crippen LogP contribution in [0, 0.1) is 6.92 Å². The van der Waals surface area contributed by atoms with Crippen molar-refractivity contribution in [1.29, 1.82) is 0 Å². The number of amides is 3. The first kappa shape index (κ1) is 18.0. The van der Waals surface area contributed by atoms with Gasteiger partial charge in [0, 0.05) is 37.2 Å². The standard InChI is InChI=1S/C15H19N3O3.ClH/c1-10-3-4-11(16)9-12(10)15(21)17-7-2-8-18-13(19)5-6-14(18)20;/h3-4,9H,2,5-8,16H2,1H3,(H,17,21);1H. The molecule has 1 saturated heterocycles. The molecular formula is C15H20ClN3O3. The molecule has 3 N–H and O–H groups in total. The number of anilines is 1. The summed E-state index contributed by atoms with van der Waals surface area (Å²) >= 11 is 0. The van der Waals surface area contributed by atoms with Gasteiger partial charge in [0.25, 0.3) is 5.91 Å². The molecule has 0 atom stereocenters. The van der Waals surface area contributed by atoms with Crippen LogP contribution in [0.1, 0.15) is 35.2 Å². The second kappa shape index (κ2) is 7.79. The lowest BCUT2D eigenvalue weighted by Gasteiger charge is -2.14. The second-order valence-electron chi connectivity index (χ2n) is 5.12. The molecule has 22 heavy (non-hydrogen) atoms. The molecule has 0 spiro atoms. The smallest absolute Gasteiger partial charge is 0.251 e. The van der Waals surface area contributed by atoms with Crippen molar-refractivity contribution in [3.05, 3.63) is 29.3 Å². The van der Waals surface area contributed by atoms with Gasteiger partial charge in [0.15, 0.2) is 0 Å². The number of imide groups is 1. The van der Waals surface area contributed by atoms with Gasteiger partial charge in [-0.1, -0.05) is 6.07 Å². The van der Waals surface area contributed by atoms with Crippen LogP contribution in [-0.2, 0) is 9.59 Å². The molecule has 0 saturated carbocycles. The van der Waals surface area contributed by atoms with Crippen LogP contribution >= 0.6 is 12.4 Å². The molecule has 1 fully saturated rings. The van der Waals surface area contributed by atoms with E-state index in [9.17, 15) is 14.4 Å². The van der Waals surface area contributed by atoms with Gasteiger partial charge in [-0.15, -0.1) is 12.4 Å². The number of hydrogen-bond donors (Lipinski definition) is 2. The van der Waals surface area contributed by atoms with Crippen LogP contribution in [0.3, 0.4) is 0 Å². The molecule has 3 amide bonds. The minimum absolute atomic E-state index is 0. The maximum absolute atomic E-state index is 12.0. The lowest BCUT2D eigenvalue weighted by atomic mass is 10.1. The first-order valence-corrected chi connectivity index (χ1v) is 6.96. The number of hydrogen-bond acceptors (Lipinski definition) is 4. The van der Waals surface area contributed by atoms with Crippen molar-refractivity contribution in [2.45, 2.75) is 26.2 Å². The maximum Gasteiger partial charge on any atom is 0.251 e. The first-order chi connectivity index (χ1) is 9.99. The Hall–Kier alpha value is -2.08. The molecule has 1 aromatic carbocycles. The summed E-state index contributed by atoms with van der Waals surface area (Å²) in [5.74, 6) is -0.449. The molecule has 120 valence electrons. The first-order valence-electron chi connectivity index (χ1n) is 6.96. The summed E-state index contributed by atoms with van der Waals surface area (Å²) in [6.07, 6.45) is 1.14. The highest BCUT2D eigenvalue weighted by atomic mass is 35.5. The van der Waals surface area contributed by atoms with E-state index in [4.69, 9.17) is 5.73 Å². The zero-order valence-electron chi connectivity index (χ0n) is 12.4. The number of nitrogen functional groups attached to an aromatic ring is 1. The highest BCUT2D eigenvalue weighted by Crippen LogP contribution is 2.13. The summed E-state index contributed by atoms with van der Waals surface area (Å²) in [5.41, 5.74) is 7.61. The van der Waals surface area contributed by atoms with Crippen molar-refractivity contribution in [3.8, 4) is 0 Å². The van der Waals surface area contributed by atoms with Crippen molar-refractivity contribution in [3.63, 3.8) is 0 Å². The third-order valence-electron chi connectivity index (χ3n) is 3.51. The minimum atomic E-state index is -0.195. The van der Waals surface area contributed by atoms with Gasteiger partial charge in [-0.25, -0.2) is 0 Å². The normalized spacial score (nSPS) is 14.0. The van der Waals surface area contributed by atoms with E-state index in [1.807, 2.05) is 6.92 Å². The zero-order valence-corrected chi connectivity index (χ0v) is 13.2. The van der Waals surface area contributed by atoms with Crippen LogP contribution in [0.2, 0.25) is 0 Å². The summed E-state index contributed by atoms with van der Waals surface area (Å²) < 4.78 is 0. The Balaban J connectivity index is 0.00000242.